The molecule has 1 saturated heterocycles. The Labute approximate surface area is 129 Å². The van der Waals surface area contributed by atoms with Crippen LogP contribution in [0.15, 0.2) is 16.6 Å². The van der Waals surface area contributed by atoms with E-state index in [9.17, 15) is 4.39 Å². The summed E-state index contributed by atoms with van der Waals surface area (Å²) in [5.74, 6) is 0.411. The summed E-state index contributed by atoms with van der Waals surface area (Å²) in [5, 5.41) is 3.64. The molecular weight excluding hydrogens is 319 g/mol. The third kappa shape index (κ3) is 3.17. The van der Waals surface area contributed by atoms with E-state index in [4.69, 9.17) is 0 Å². The van der Waals surface area contributed by atoms with Gasteiger partial charge < -0.3 is 10.2 Å². The predicted octanol–water partition coefficient (Wildman–Crippen LogP) is 4.11. The lowest BCUT2D eigenvalue weighted by Gasteiger charge is -2.43. The molecular formula is C16H24BrFN2. The molecule has 0 aliphatic carbocycles. The number of benzene rings is 1. The molecule has 0 spiro atoms. The van der Waals surface area contributed by atoms with Crippen molar-refractivity contribution in [2.24, 2.45) is 5.92 Å². The minimum Gasteiger partial charge on any atom is -0.365 e. The van der Waals surface area contributed by atoms with E-state index >= 15 is 0 Å². The zero-order valence-electron chi connectivity index (χ0n) is 12.7. The molecule has 0 bridgehead atoms. The number of nitrogens with one attached hydrogen (secondary N) is 1. The van der Waals surface area contributed by atoms with E-state index in [1.54, 1.807) is 6.07 Å². The van der Waals surface area contributed by atoms with E-state index in [0.29, 0.717) is 22.5 Å². The first-order valence-electron chi connectivity index (χ1n) is 7.39. The number of aryl methyl sites for hydroxylation is 1. The molecule has 1 N–H and O–H groups in total. The molecule has 0 amide bonds. The van der Waals surface area contributed by atoms with Crippen LogP contribution in [0, 0.1) is 18.7 Å². The Morgan fingerprint density at radius 2 is 2.15 bits per heavy atom. The van der Waals surface area contributed by atoms with Gasteiger partial charge in [0.25, 0.3) is 0 Å². The standard InChI is InChI=1S/C16H24BrFN2/c1-5-12-8-19-15(10(2)3)9-20(12)16-7-13(17)14(18)6-11(16)4/h6-7,10,12,15,19H,5,8-9H2,1-4H3. The minimum absolute atomic E-state index is 0.185. The Morgan fingerprint density at radius 1 is 1.45 bits per heavy atom. The van der Waals surface area contributed by atoms with Crippen molar-refractivity contribution in [2.75, 3.05) is 18.0 Å². The van der Waals surface area contributed by atoms with Crippen molar-refractivity contribution in [2.45, 2.75) is 46.2 Å². The Morgan fingerprint density at radius 3 is 2.75 bits per heavy atom. The van der Waals surface area contributed by atoms with Crippen LogP contribution in [0.4, 0.5) is 10.1 Å². The zero-order valence-corrected chi connectivity index (χ0v) is 14.3. The van der Waals surface area contributed by atoms with Crippen LogP contribution in [0.2, 0.25) is 0 Å². The number of piperazine rings is 1. The normalized spacial score (nSPS) is 23.4. The van der Waals surface area contributed by atoms with Gasteiger partial charge in [0, 0.05) is 30.9 Å². The highest BCUT2D eigenvalue weighted by molar-refractivity contribution is 9.10. The highest BCUT2D eigenvalue weighted by Crippen LogP contribution is 2.31. The van der Waals surface area contributed by atoms with Gasteiger partial charge in [-0.3, -0.25) is 0 Å². The van der Waals surface area contributed by atoms with Crippen molar-refractivity contribution in [3.05, 3.63) is 28.0 Å². The van der Waals surface area contributed by atoms with Crippen molar-refractivity contribution in [1.29, 1.82) is 0 Å². The highest BCUT2D eigenvalue weighted by atomic mass is 79.9. The first kappa shape index (κ1) is 15.8. The minimum atomic E-state index is -0.185. The molecule has 2 atom stereocenters. The second-order valence-corrected chi connectivity index (χ2v) is 6.88. The quantitative estimate of drug-likeness (QED) is 0.889. The second kappa shape index (κ2) is 6.44. The van der Waals surface area contributed by atoms with Gasteiger partial charge in [-0.2, -0.15) is 0 Å². The Balaban J connectivity index is 2.33. The number of hydrogen-bond acceptors (Lipinski definition) is 2. The summed E-state index contributed by atoms with van der Waals surface area (Å²) in [4.78, 5) is 2.45. The molecule has 1 heterocycles. The van der Waals surface area contributed by atoms with Crippen LogP contribution in [-0.4, -0.2) is 25.2 Å². The average Bonchev–Trinajstić information content (AvgIpc) is 2.42. The fraction of sp³-hybridized carbons (Fsp3) is 0.625. The van der Waals surface area contributed by atoms with Gasteiger partial charge in [0.15, 0.2) is 0 Å². The number of anilines is 1. The van der Waals surface area contributed by atoms with Gasteiger partial charge in [0.05, 0.1) is 4.47 Å². The number of hydrogen-bond donors (Lipinski definition) is 1. The summed E-state index contributed by atoms with van der Waals surface area (Å²) in [6, 6.07) is 4.51. The maximum atomic E-state index is 13.6. The lowest BCUT2D eigenvalue weighted by molar-refractivity contribution is 0.325. The first-order chi connectivity index (χ1) is 9.43. The lowest BCUT2D eigenvalue weighted by atomic mass is 9.97. The Kier molecular flexibility index (Phi) is 5.08. The smallest absolute Gasteiger partial charge is 0.137 e. The summed E-state index contributed by atoms with van der Waals surface area (Å²) >= 11 is 3.32. The monoisotopic (exact) mass is 342 g/mol. The molecule has 1 fully saturated rings. The van der Waals surface area contributed by atoms with Crippen LogP contribution in [0.1, 0.15) is 32.8 Å². The molecule has 1 aliphatic rings. The van der Waals surface area contributed by atoms with Gasteiger partial charge in [0.1, 0.15) is 5.82 Å². The maximum Gasteiger partial charge on any atom is 0.137 e. The molecule has 20 heavy (non-hydrogen) atoms. The van der Waals surface area contributed by atoms with Crippen LogP contribution in [0.25, 0.3) is 0 Å². The predicted molar refractivity (Wildman–Crippen MR) is 86.9 cm³/mol. The van der Waals surface area contributed by atoms with Gasteiger partial charge in [-0.25, -0.2) is 4.39 Å². The zero-order chi connectivity index (χ0) is 14.9. The van der Waals surface area contributed by atoms with Crippen LogP contribution >= 0.6 is 15.9 Å². The van der Waals surface area contributed by atoms with Gasteiger partial charge in [-0.05, 0) is 52.9 Å². The van der Waals surface area contributed by atoms with Crippen LogP contribution in [0.3, 0.4) is 0 Å². The molecule has 0 aromatic heterocycles. The topological polar surface area (TPSA) is 15.3 Å². The molecule has 1 aromatic carbocycles. The molecule has 112 valence electrons. The van der Waals surface area contributed by atoms with E-state index in [-0.39, 0.29) is 5.82 Å². The summed E-state index contributed by atoms with van der Waals surface area (Å²) in [7, 11) is 0. The van der Waals surface area contributed by atoms with E-state index in [0.717, 1.165) is 30.8 Å². The summed E-state index contributed by atoms with van der Waals surface area (Å²) in [5.41, 5.74) is 2.16. The first-order valence-corrected chi connectivity index (χ1v) is 8.19. The molecule has 1 aromatic rings. The van der Waals surface area contributed by atoms with Crippen molar-refractivity contribution >= 4 is 21.6 Å². The second-order valence-electron chi connectivity index (χ2n) is 6.03. The molecule has 2 rings (SSSR count). The Hall–Kier alpha value is -0.610. The van der Waals surface area contributed by atoms with Gasteiger partial charge in [-0.15, -0.1) is 0 Å². The molecule has 4 heteroatoms. The highest BCUT2D eigenvalue weighted by Gasteiger charge is 2.29. The van der Waals surface area contributed by atoms with Gasteiger partial charge in [-0.1, -0.05) is 20.8 Å². The molecule has 2 unspecified atom stereocenters. The van der Waals surface area contributed by atoms with E-state index in [2.05, 4.69) is 46.9 Å². The summed E-state index contributed by atoms with van der Waals surface area (Å²) < 4.78 is 14.2. The van der Waals surface area contributed by atoms with Crippen LogP contribution in [-0.2, 0) is 0 Å². The fourth-order valence-electron chi connectivity index (χ4n) is 2.87. The van der Waals surface area contributed by atoms with Crippen molar-refractivity contribution in [3.63, 3.8) is 0 Å². The molecule has 2 nitrogen and oxygen atoms in total. The van der Waals surface area contributed by atoms with E-state index < -0.39 is 0 Å². The lowest BCUT2D eigenvalue weighted by Crippen LogP contribution is -2.58. The van der Waals surface area contributed by atoms with Crippen molar-refractivity contribution < 1.29 is 4.39 Å². The maximum absolute atomic E-state index is 13.6. The van der Waals surface area contributed by atoms with E-state index in [1.807, 2.05) is 13.0 Å². The number of rotatable bonds is 3. The Bertz CT molecular complexity index is 476. The third-order valence-corrected chi connectivity index (χ3v) is 4.88. The van der Waals surface area contributed by atoms with Crippen LogP contribution in [0.5, 0.6) is 0 Å². The van der Waals surface area contributed by atoms with Crippen molar-refractivity contribution in [1.82, 2.24) is 5.32 Å². The molecule has 0 radical (unpaired) electrons. The molecule has 1 aliphatic heterocycles. The van der Waals surface area contributed by atoms with Gasteiger partial charge >= 0.3 is 0 Å². The van der Waals surface area contributed by atoms with E-state index in [1.165, 1.54) is 0 Å². The third-order valence-electron chi connectivity index (χ3n) is 4.27. The van der Waals surface area contributed by atoms with Crippen LogP contribution < -0.4 is 10.2 Å². The number of halogens is 2. The largest absolute Gasteiger partial charge is 0.365 e. The summed E-state index contributed by atoms with van der Waals surface area (Å²) in [6.45, 7) is 10.7. The SMILES string of the molecule is CCC1CNC(C(C)C)CN1c1cc(Br)c(F)cc1C. The van der Waals surface area contributed by atoms with Crippen molar-refractivity contribution in [3.8, 4) is 0 Å². The number of nitrogens with zero attached hydrogens (tertiary/aromatic N) is 1. The molecule has 0 saturated carbocycles. The fourth-order valence-corrected chi connectivity index (χ4v) is 3.21. The summed E-state index contributed by atoms with van der Waals surface area (Å²) in [6.07, 6.45) is 1.09. The average molecular weight is 343 g/mol. The van der Waals surface area contributed by atoms with Gasteiger partial charge in [0.2, 0.25) is 0 Å².